The standard InChI is InChI=1S/C32H35NO4S/c1-32(19-6-20-36-2,31-33-29(23-38-31)27-7-4-3-5-8-27)21-25-9-11-26(12-10-25)22-37-28-16-13-24(14-17-28)15-18-30(34)35/h3-5,7-14,16-17,23H,6,15,18-22H2,1-2H3,(H,34,35)/t32-/m1/s1. The number of aromatic nitrogens is 1. The van der Waals surface area contributed by atoms with Crippen LogP contribution in [0.5, 0.6) is 5.75 Å². The van der Waals surface area contributed by atoms with Gasteiger partial charge in [0.1, 0.15) is 12.4 Å². The van der Waals surface area contributed by atoms with Crippen molar-refractivity contribution in [3.05, 3.63) is 106 Å². The predicted molar refractivity (Wildman–Crippen MR) is 153 cm³/mol. The molecule has 0 aliphatic carbocycles. The monoisotopic (exact) mass is 529 g/mol. The number of carbonyl (C=O) groups is 1. The second kappa shape index (κ2) is 13.4. The molecule has 1 aromatic heterocycles. The van der Waals surface area contributed by atoms with Crippen LogP contribution in [0.3, 0.4) is 0 Å². The number of aliphatic carboxylic acids is 1. The Hall–Kier alpha value is -3.48. The van der Waals surface area contributed by atoms with Gasteiger partial charge in [0.05, 0.1) is 10.7 Å². The first-order chi connectivity index (χ1) is 18.4. The number of thiazole rings is 1. The van der Waals surface area contributed by atoms with E-state index >= 15 is 0 Å². The minimum atomic E-state index is -0.785. The number of benzene rings is 3. The first-order valence-electron chi connectivity index (χ1n) is 13.0. The van der Waals surface area contributed by atoms with Crippen molar-refractivity contribution >= 4 is 17.3 Å². The summed E-state index contributed by atoms with van der Waals surface area (Å²) < 4.78 is 11.3. The van der Waals surface area contributed by atoms with Gasteiger partial charge in [0.2, 0.25) is 0 Å². The van der Waals surface area contributed by atoms with E-state index in [-0.39, 0.29) is 11.8 Å². The molecule has 5 nitrogen and oxygen atoms in total. The number of nitrogens with zero attached hydrogens (tertiary/aromatic N) is 1. The average Bonchev–Trinajstić information content (AvgIpc) is 3.44. The summed E-state index contributed by atoms with van der Waals surface area (Å²) in [6, 6.07) is 26.6. The molecule has 1 N–H and O–H groups in total. The minimum absolute atomic E-state index is 0.0867. The summed E-state index contributed by atoms with van der Waals surface area (Å²) in [5, 5.41) is 12.2. The molecule has 0 unspecified atom stereocenters. The second-order valence-electron chi connectivity index (χ2n) is 9.88. The molecule has 3 aromatic carbocycles. The summed E-state index contributed by atoms with van der Waals surface area (Å²) in [4.78, 5) is 15.8. The lowest BCUT2D eigenvalue weighted by molar-refractivity contribution is -0.136. The SMILES string of the molecule is COCCC[C@](C)(Cc1ccc(COc2ccc(CCC(=O)O)cc2)cc1)c1nc(-c2ccccc2)cs1. The van der Waals surface area contributed by atoms with Gasteiger partial charge in [0, 0.05) is 36.5 Å². The summed E-state index contributed by atoms with van der Waals surface area (Å²) >= 11 is 1.74. The number of hydrogen-bond acceptors (Lipinski definition) is 5. The molecular formula is C32H35NO4S. The van der Waals surface area contributed by atoms with E-state index in [9.17, 15) is 4.79 Å². The van der Waals surface area contributed by atoms with Crippen molar-refractivity contribution in [2.24, 2.45) is 0 Å². The van der Waals surface area contributed by atoms with Gasteiger partial charge in [0.15, 0.2) is 0 Å². The van der Waals surface area contributed by atoms with Gasteiger partial charge in [-0.3, -0.25) is 4.79 Å². The number of ether oxygens (including phenoxy) is 2. The van der Waals surface area contributed by atoms with Crippen LogP contribution >= 0.6 is 11.3 Å². The number of methoxy groups -OCH3 is 1. The van der Waals surface area contributed by atoms with E-state index in [1.165, 1.54) is 5.56 Å². The molecule has 0 aliphatic rings. The fraction of sp³-hybridized carbons (Fsp3) is 0.312. The highest BCUT2D eigenvalue weighted by Crippen LogP contribution is 2.37. The molecule has 6 heteroatoms. The van der Waals surface area contributed by atoms with Crippen LogP contribution in [0, 0.1) is 0 Å². The number of rotatable bonds is 14. The number of carboxylic acid groups (broad SMARTS) is 1. The van der Waals surface area contributed by atoms with Crippen LogP contribution in [0.4, 0.5) is 0 Å². The molecule has 1 heterocycles. The molecule has 4 aromatic rings. The van der Waals surface area contributed by atoms with Crippen LogP contribution in [0.25, 0.3) is 11.3 Å². The van der Waals surface area contributed by atoms with Crippen LogP contribution < -0.4 is 4.74 Å². The third-order valence-electron chi connectivity index (χ3n) is 6.74. The molecule has 0 spiro atoms. The molecule has 38 heavy (non-hydrogen) atoms. The summed E-state index contributed by atoms with van der Waals surface area (Å²) in [6.07, 6.45) is 3.53. The topological polar surface area (TPSA) is 68.7 Å². The predicted octanol–water partition coefficient (Wildman–Crippen LogP) is 7.33. The van der Waals surface area contributed by atoms with Crippen LogP contribution in [0.1, 0.15) is 47.9 Å². The average molecular weight is 530 g/mol. The molecule has 0 radical (unpaired) electrons. The molecule has 198 valence electrons. The van der Waals surface area contributed by atoms with Crippen LogP contribution in [-0.2, 0) is 34.4 Å². The summed E-state index contributed by atoms with van der Waals surface area (Å²) in [7, 11) is 1.75. The Balaban J connectivity index is 1.40. The summed E-state index contributed by atoms with van der Waals surface area (Å²) in [6.45, 7) is 3.53. The molecule has 1 atom stereocenters. The lowest BCUT2D eigenvalue weighted by atomic mass is 9.80. The normalized spacial score (nSPS) is 12.7. The van der Waals surface area contributed by atoms with Gasteiger partial charge in [-0.2, -0.15) is 0 Å². The van der Waals surface area contributed by atoms with Crippen molar-refractivity contribution in [2.75, 3.05) is 13.7 Å². The summed E-state index contributed by atoms with van der Waals surface area (Å²) in [5.41, 5.74) is 5.46. The first kappa shape index (κ1) is 27.6. The molecule has 0 fully saturated rings. The second-order valence-corrected chi connectivity index (χ2v) is 10.7. The van der Waals surface area contributed by atoms with E-state index in [1.807, 2.05) is 30.3 Å². The van der Waals surface area contributed by atoms with Gasteiger partial charge in [-0.25, -0.2) is 4.98 Å². The van der Waals surface area contributed by atoms with Crippen molar-refractivity contribution in [2.45, 2.75) is 51.0 Å². The lowest BCUT2D eigenvalue weighted by Gasteiger charge is -2.28. The molecule has 4 rings (SSSR count). The Labute approximate surface area is 229 Å². The molecule has 0 saturated heterocycles. The Morgan fingerprint density at radius 1 is 0.947 bits per heavy atom. The maximum absolute atomic E-state index is 10.8. The zero-order valence-electron chi connectivity index (χ0n) is 22.1. The quantitative estimate of drug-likeness (QED) is 0.173. The number of carboxylic acids is 1. The Morgan fingerprint density at radius 3 is 2.32 bits per heavy atom. The minimum Gasteiger partial charge on any atom is -0.489 e. The number of hydrogen-bond donors (Lipinski definition) is 1. The highest BCUT2D eigenvalue weighted by Gasteiger charge is 2.30. The van der Waals surface area contributed by atoms with Gasteiger partial charge < -0.3 is 14.6 Å². The van der Waals surface area contributed by atoms with E-state index in [1.54, 1.807) is 18.4 Å². The van der Waals surface area contributed by atoms with Crippen molar-refractivity contribution in [1.29, 1.82) is 0 Å². The van der Waals surface area contributed by atoms with Gasteiger partial charge in [-0.05, 0) is 54.5 Å². The fourth-order valence-electron chi connectivity index (χ4n) is 4.54. The van der Waals surface area contributed by atoms with Crippen molar-refractivity contribution < 1.29 is 19.4 Å². The zero-order chi connectivity index (χ0) is 26.8. The lowest BCUT2D eigenvalue weighted by Crippen LogP contribution is -2.25. The van der Waals surface area contributed by atoms with E-state index in [0.717, 1.165) is 59.0 Å². The van der Waals surface area contributed by atoms with Gasteiger partial charge in [0.25, 0.3) is 0 Å². The molecule has 0 saturated carbocycles. The Morgan fingerprint density at radius 2 is 1.63 bits per heavy atom. The fourth-order valence-corrected chi connectivity index (χ4v) is 5.57. The first-order valence-corrected chi connectivity index (χ1v) is 13.8. The van der Waals surface area contributed by atoms with Gasteiger partial charge in [-0.1, -0.05) is 73.7 Å². The molecule has 0 amide bonds. The number of aryl methyl sites for hydroxylation is 1. The van der Waals surface area contributed by atoms with Crippen LogP contribution in [0.15, 0.2) is 84.2 Å². The van der Waals surface area contributed by atoms with E-state index in [4.69, 9.17) is 19.6 Å². The molecule has 0 bridgehead atoms. The van der Waals surface area contributed by atoms with Crippen molar-refractivity contribution in [3.8, 4) is 17.0 Å². The third kappa shape index (κ3) is 7.76. The van der Waals surface area contributed by atoms with Crippen LogP contribution in [0.2, 0.25) is 0 Å². The maximum atomic E-state index is 10.8. The van der Waals surface area contributed by atoms with Gasteiger partial charge >= 0.3 is 5.97 Å². The van der Waals surface area contributed by atoms with Gasteiger partial charge in [-0.15, -0.1) is 11.3 Å². The van der Waals surface area contributed by atoms with Crippen LogP contribution in [-0.4, -0.2) is 29.8 Å². The van der Waals surface area contributed by atoms with E-state index < -0.39 is 5.97 Å². The maximum Gasteiger partial charge on any atom is 0.303 e. The highest BCUT2D eigenvalue weighted by atomic mass is 32.1. The summed E-state index contributed by atoms with van der Waals surface area (Å²) in [5.74, 6) is -0.00971. The van der Waals surface area contributed by atoms with Crippen molar-refractivity contribution in [1.82, 2.24) is 4.98 Å². The smallest absolute Gasteiger partial charge is 0.303 e. The Bertz CT molecular complexity index is 1290. The van der Waals surface area contributed by atoms with E-state index in [2.05, 4.69) is 60.8 Å². The molecular weight excluding hydrogens is 494 g/mol. The van der Waals surface area contributed by atoms with E-state index in [0.29, 0.717) is 13.0 Å². The van der Waals surface area contributed by atoms with Crippen molar-refractivity contribution in [3.63, 3.8) is 0 Å². The third-order valence-corrected chi connectivity index (χ3v) is 7.89. The highest BCUT2D eigenvalue weighted by molar-refractivity contribution is 7.10. The molecule has 0 aliphatic heterocycles. The Kier molecular flexibility index (Phi) is 9.68. The zero-order valence-corrected chi connectivity index (χ0v) is 22.9. The largest absolute Gasteiger partial charge is 0.489 e.